The predicted octanol–water partition coefficient (Wildman–Crippen LogP) is 3.90. The van der Waals surface area contributed by atoms with Crippen molar-refractivity contribution in [2.45, 2.75) is 25.8 Å². The summed E-state index contributed by atoms with van der Waals surface area (Å²) < 4.78 is 3.05. The third-order valence-electron chi connectivity index (χ3n) is 3.53. The molecule has 0 fully saturated rings. The number of rotatable bonds is 5. The van der Waals surface area contributed by atoms with E-state index in [1.807, 2.05) is 37.0 Å². The first-order valence-corrected chi connectivity index (χ1v) is 7.87. The van der Waals surface area contributed by atoms with Crippen LogP contribution >= 0.6 is 27.5 Å². The Morgan fingerprint density at radius 2 is 2.10 bits per heavy atom. The van der Waals surface area contributed by atoms with Crippen LogP contribution in [0.3, 0.4) is 0 Å². The van der Waals surface area contributed by atoms with E-state index in [1.165, 1.54) is 5.69 Å². The first-order chi connectivity index (χ1) is 9.58. The van der Waals surface area contributed by atoms with E-state index in [2.05, 4.69) is 39.3 Å². The average molecular weight is 357 g/mol. The van der Waals surface area contributed by atoms with Gasteiger partial charge in [0.15, 0.2) is 0 Å². The SMILES string of the molecule is CCc1nn(C)c(CC(NC)c2ccccc2Cl)c1Br. The van der Waals surface area contributed by atoms with Crippen LogP contribution in [-0.4, -0.2) is 16.8 Å². The minimum absolute atomic E-state index is 0.167. The summed E-state index contributed by atoms with van der Waals surface area (Å²) in [6, 6.07) is 8.13. The number of likely N-dealkylation sites (N-methyl/N-ethyl adjacent to an activating group) is 1. The molecule has 2 rings (SSSR count). The second kappa shape index (κ2) is 6.74. The largest absolute Gasteiger partial charge is 0.313 e. The number of nitrogens with one attached hydrogen (secondary N) is 1. The molecule has 1 atom stereocenters. The highest BCUT2D eigenvalue weighted by atomic mass is 79.9. The van der Waals surface area contributed by atoms with Crippen molar-refractivity contribution in [1.29, 1.82) is 0 Å². The van der Waals surface area contributed by atoms with Gasteiger partial charge in [-0.15, -0.1) is 0 Å². The average Bonchev–Trinajstić information content (AvgIpc) is 2.72. The molecule has 0 bridgehead atoms. The maximum Gasteiger partial charge on any atom is 0.0766 e. The van der Waals surface area contributed by atoms with Crippen LogP contribution in [-0.2, 0) is 19.9 Å². The topological polar surface area (TPSA) is 29.9 Å². The molecule has 5 heteroatoms. The molecule has 0 saturated carbocycles. The number of aryl methyl sites for hydroxylation is 2. The minimum atomic E-state index is 0.167. The van der Waals surface area contributed by atoms with Crippen molar-refractivity contribution >= 4 is 27.5 Å². The molecule has 0 aliphatic rings. The summed E-state index contributed by atoms with van der Waals surface area (Å²) in [5, 5.41) is 8.68. The molecule has 1 N–H and O–H groups in total. The molecule has 0 saturated heterocycles. The van der Waals surface area contributed by atoms with Gasteiger partial charge in [0.2, 0.25) is 0 Å². The molecule has 0 aliphatic heterocycles. The first-order valence-electron chi connectivity index (χ1n) is 6.70. The lowest BCUT2D eigenvalue weighted by Crippen LogP contribution is -2.20. The van der Waals surface area contributed by atoms with E-state index in [4.69, 9.17) is 11.6 Å². The van der Waals surface area contributed by atoms with E-state index >= 15 is 0 Å². The summed E-state index contributed by atoms with van der Waals surface area (Å²) in [5.41, 5.74) is 3.39. The molecule has 0 radical (unpaired) electrons. The third kappa shape index (κ3) is 3.08. The molecule has 108 valence electrons. The van der Waals surface area contributed by atoms with E-state index in [9.17, 15) is 0 Å². The van der Waals surface area contributed by atoms with Crippen LogP contribution in [0.25, 0.3) is 0 Å². The van der Waals surface area contributed by atoms with Crippen LogP contribution < -0.4 is 5.32 Å². The van der Waals surface area contributed by atoms with Gasteiger partial charge in [-0.1, -0.05) is 36.7 Å². The highest BCUT2D eigenvalue weighted by molar-refractivity contribution is 9.10. The molecule has 1 aromatic carbocycles. The zero-order valence-corrected chi connectivity index (χ0v) is 14.3. The highest BCUT2D eigenvalue weighted by Crippen LogP contribution is 2.29. The monoisotopic (exact) mass is 355 g/mol. The van der Waals surface area contributed by atoms with Crippen LogP contribution in [0, 0.1) is 0 Å². The normalized spacial score (nSPS) is 12.7. The van der Waals surface area contributed by atoms with E-state index in [0.29, 0.717) is 0 Å². The van der Waals surface area contributed by atoms with Gasteiger partial charge in [0.1, 0.15) is 0 Å². The molecule has 0 aliphatic carbocycles. The Bertz CT molecular complexity index is 595. The number of aromatic nitrogens is 2. The van der Waals surface area contributed by atoms with Gasteiger partial charge in [0.05, 0.1) is 15.9 Å². The van der Waals surface area contributed by atoms with Crippen LogP contribution in [0.1, 0.15) is 29.9 Å². The summed E-state index contributed by atoms with van der Waals surface area (Å²) in [5.74, 6) is 0. The van der Waals surface area contributed by atoms with Gasteiger partial charge in [0, 0.05) is 24.5 Å². The molecule has 1 unspecified atom stereocenters. The molecule has 0 spiro atoms. The van der Waals surface area contributed by atoms with Crippen LogP contribution in [0.5, 0.6) is 0 Å². The lowest BCUT2D eigenvalue weighted by atomic mass is 10.0. The smallest absolute Gasteiger partial charge is 0.0766 e. The fourth-order valence-electron chi connectivity index (χ4n) is 2.36. The van der Waals surface area contributed by atoms with Crippen molar-refractivity contribution in [1.82, 2.24) is 15.1 Å². The summed E-state index contributed by atoms with van der Waals surface area (Å²) in [6.45, 7) is 2.11. The summed E-state index contributed by atoms with van der Waals surface area (Å²) in [4.78, 5) is 0. The number of hydrogen-bond acceptors (Lipinski definition) is 2. The van der Waals surface area contributed by atoms with Crippen molar-refractivity contribution in [3.8, 4) is 0 Å². The van der Waals surface area contributed by atoms with Gasteiger partial charge in [-0.25, -0.2) is 0 Å². The van der Waals surface area contributed by atoms with Gasteiger partial charge >= 0.3 is 0 Å². The molecule has 2 aromatic rings. The van der Waals surface area contributed by atoms with Gasteiger partial charge in [-0.05, 0) is 41.0 Å². The summed E-state index contributed by atoms with van der Waals surface area (Å²) in [6.07, 6.45) is 1.76. The lowest BCUT2D eigenvalue weighted by molar-refractivity contribution is 0.560. The summed E-state index contributed by atoms with van der Waals surface area (Å²) in [7, 11) is 3.94. The Kier molecular flexibility index (Phi) is 5.24. The molecule has 20 heavy (non-hydrogen) atoms. The summed E-state index contributed by atoms with van der Waals surface area (Å²) >= 11 is 9.97. The first kappa shape index (κ1) is 15.5. The standard InChI is InChI=1S/C15H19BrClN3/c1-4-12-15(16)14(20(3)19-12)9-13(18-2)10-7-5-6-8-11(10)17/h5-8,13,18H,4,9H2,1-3H3. The number of nitrogens with zero attached hydrogens (tertiary/aromatic N) is 2. The van der Waals surface area contributed by atoms with Gasteiger partial charge in [-0.2, -0.15) is 5.10 Å². The van der Waals surface area contributed by atoms with Crippen molar-refractivity contribution in [2.75, 3.05) is 7.05 Å². The quantitative estimate of drug-likeness (QED) is 0.880. The Morgan fingerprint density at radius 1 is 1.40 bits per heavy atom. The fraction of sp³-hybridized carbons (Fsp3) is 0.400. The van der Waals surface area contributed by atoms with Crippen LogP contribution in [0.2, 0.25) is 5.02 Å². The van der Waals surface area contributed by atoms with Crippen molar-refractivity contribution in [3.05, 3.63) is 50.7 Å². The van der Waals surface area contributed by atoms with E-state index in [-0.39, 0.29) is 6.04 Å². The highest BCUT2D eigenvalue weighted by Gasteiger charge is 2.19. The number of benzene rings is 1. The van der Waals surface area contributed by atoms with Crippen LogP contribution in [0.15, 0.2) is 28.7 Å². The molecular formula is C15H19BrClN3. The fourth-order valence-corrected chi connectivity index (χ4v) is 3.41. The Balaban J connectivity index is 2.32. The minimum Gasteiger partial charge on any atom is -0.313 e. The predicted molar refractivity (Wildman–Crippen MR) is 87.2 cm³/mol. The lowest BCUT2D eigenvalue weighted by Gasteiger charge is -2.18. The van der Waals surface area contributed by atoms with E-state index in [1.54, 1.807) is 0 Å². The van der Waals surface area contributed by atoms with E-state index < -0.39 is 0 Å². The van der Waals surface area contributed by atoms with Crippen molar-refractivity contribution < 1.29 is 0 Å². The van der Waals surface area contributed by atoms with E-state index in [0.717, 1.165) is 33.6 Å². The molecule has 3 nitrogen and oxygen atoms in total. The zero-order chi connectivity index (χ0) is 14.7. The molecule has 1 heterocycles. The van der Waals surface area contributed by atoms with Crippen molar-refractivity contribution in [2.24, 2.45) is 7.05 Å². The molecule has 0 amide bonds. The Hall–Kier alpha value is -0.840. The molecule has 1 aromatic heterocycles. The Labute approximate surface area is 133 Å². The van der Waals surface area contributed by atoms with Gasteiger partial charge in [0.25, 0.3) is 0 Å². The third-order valence-corrected chi connectivity index (χ3v) is 4.79. The Morgan fingerprint density at radius 3 is 2.65 bits per heavy atom. The second-order valence-electron chi connectivity index (χ2n) is 4.75. The zero-order valence-electron chi connectivity index (χ0n) is 12.0. The van der Waals surface area contributed by atoms with Crippen LogP contribution in [0.4, 0.5) is 0 Å². The number of hydrogen-bond donors (Lipinski definition) is 1. The number of halogens is 2. The second-order valence-corrected chi connectivity index (χ2v) is 5.95. The van der Waals surface area contributed by atoms with Gasteiger partial charge < -0.3 is 5.32 Å². The van der Waals surface area contributed by atoms with Crippen molar-refractivity contribution in [3.63, 3.8) is 0 Å². The maximum atomic E-state index is 6.30. The van der Waals surface area contributed by atoms with Gasteiger partial charge in [-0.3, -0.25) is 4.68 Å². The maximum absolute atomic E-state index is 6.30. The molecular weight excluding hydrogens is 338 g/mol.